The molecule has 0 saturated heterocycles. The normalized spacial score (nSPS) is 15.9. The lowest BCUT2D eigenvalue weighted by Crippen LogP contribution is -2.44. The number of aromatic nitrogens is 2. The number of amides is 1. The van der Waals surface area contributed by atoms with Crippen molar-refractivity contribution in [2.24, 2.45) is 0 Å². The monoisotopic (exact) mass is 479 g/mol. The van der Waals surface area contributed by atoms with Crippen LogP contribution in [0.15, 0.2) is 65.7 Å². The summed E-state index contributed by atoms with van der Waals surface area (Å²) in [6, 6.07) is 15.0. The number of nitrogens with zero attached hydrogens (tertiary/aromatic N) is 3. The zero-order valence-electron chi connectivity index (χ0n) is 18.8. The zero-order valence-corrected chi connectivity index (χ0v) is 19.6. The molecule has 0 spiro atoms. The van der Waals surface area contributed by atoms with Crippen molar-refractivity contribution in [2.45, 2.75) is 31.4 Å². The number of para-hydroxylation sites is 1. The molecule has 5 rings (SSSR count). The highest BCUT2D eigenvalue weighted by molar-refractivity contribution is 7.90. The maximum absolute atomic E-state index is 14.4. The van der Waals surface area contributed by atoms with Crippen LogP contribution in [0.3, 0.4) is 0 Å². The van der Waals surface area contributed by atoms with Crippen molar-refractivity contribution in [1.29, 1.82) is 0 Å². The Morgan fingerprint density at radius 2 is 1.85 bits per heavy atom. The minimum Gasteiger partial charge on any atom is -0.476 e. The van der Waals surface area contributed by atoms with Gasteiger partial charge in [-0.1, -0.05) is 18.2 Å². The fraction of sp³-hybridized carbons (Fsp3) is 0.200. The molecular weight excluding hydrogens is 457 g/mol. The van der Waals surface area contributed by atoms with E-state index in [1.54, 1.807) is 37.3 Å². The Hall–Kier alpha value is -3.72. The fourth-order valence-corrected chi connectivity index (χ4v) is 4.85. The predicted molar refractivity (Wildman–Crippen MR) is 126 cm³/mol. The van der Waals surface area contributed by atoms with Crippen LogP contribution in [0.2, 0.25) is 0 Å². The second-order valence-corrected chi connectivity index (χ2v) is 10.4. The van der Waals surface area contributed by atoms with Gasteiger partial charge in [0.2, 0.25) is 0 Å². The summed E-state index contributed by atoms with van der Waals surface area (Å²) in [6.07, 6.45) is 2.22. The van der Waals surface area contributed by atoms with Crippen molar-refractivity contribution in [3.05, 3.63) is 78.0 Å². The van der Waals surface area contributed by atoms with Gasteiger partial charge in [-0.2, -0.15) is 0 Å². The molecule has 9 heteroatoms. The van der Waals surface area contributed by atoms with Gasteiger partial charge in [-0.25, -0.2) is 17.8 Å². The topological polar surface area (TPSA) is 81.0 Å². The van der Waals surface area contributed by atoms with Crippen LogP contribution in [0, 0.1) is 12.7 Å². The molecule has 0 fully saturated rings. The van der Waals surface area contributed by atoms with Crippen molar-refractivity contribution >= 4 is 27.1 Å². The Morgan fingerprint density at radius 1 is 1.09 bits per heavy atom. The number of carbonyl (C=O) groups excluding carboxylic acids is 1. The largest absolute Gasteiger partial charge is 0.476 e. The molecule has 2 aromatic carbocycles. The lowest BCUT2D eigenvalue weighted by atomic mass is 10.1. The lowest BCUT2D eigenvalue weighted by molar-refractivity contribution is -0.125. The van der Waals surface area contributed by atoms with E-state index < -0.39 is 21.8 Å². The van der Waals surface area contributed by atoms with Gasteiger partial charge in [-0.3, -0.25) is 9.69 Å². The number of aryl methyl sites for hydroxylation is 1. The van der Waals surface area contributed by atoms with Gasteiger partial charge in [0.25, 0.3) is 5.91 Å². The van der Waals surface area contributed by atoms with Crippen LogP contribution >= 0.6 is 0 Å². The summed E-state index contributed by atoms with van der Waals surface area (Å²) >= 11 is 0. The molecule has 2 aromatic heterocycles. The van der Waals surface area contributed by atoms with Crippen molar-refractivity contribution in [2.75, 3.05) is 11.2 Å². The average Bonchev–Trinajstić information content (AvgIpc) is 3.11. The minimum atomic E-state index is -3.35. The molecule has 0 N–H and O–H groups in total. The van der Waals surface area contributed by atoms with Gasteiger partial charge in [0.15, 0.2) is 27.5 Å². The van der Waals surface area contributed by atoms with E-state index in [2.05, 4.69) is 4.98 Å². The van der Waals surface area contributed by atoms with Gasteiger partial charge < -0.3 is 9.14 Å². The summed E-state index contributed by atoms with van der Waals surface area (Å²) < 4.78 is 45.8. The van der Waals surface area contributed by atoms with Gasteiger partial charge in [0, 0.05) is 12.5 Å². The number of imidazole rings is 1. The molecule has 1 aliphatic heterocycles. The van der Waals surface area contributed by atoms with Gasteiger partial charge >= 0.3 is 0 Å². The molecule has 34 heavy (non-hydrogen) atoms. The number of halogens is 1. The first-order chi connectivity index (χ1) is 16.1. The average molecular weight is 480 g/mol. The number of fused-ring (bicyclic) bond motifs is 2. The Balaban J connectivity index is 1.60. The molecule has 7 nitrogen and oxygen atoms in total. The van der Waals surface area contributed by atoms with Crippen LogP contribution in [0.1, 0.15) is 18.3 Å². The number of benzene rings is 2. The first-order valence-corrected chi connectivity index (χ1v) is 12.6. The second kappa shape index (κ2) is 7.95. The molecule has 4 aromatic rings. The van der Waals surface area contributed by atoms with Crippen LogP contribution in [0.5, 0.6) is 5.75 Å². The number of hydrogen-bond acceptors (Lipinski definition) is 5. The summed E-state index contributed by atoms with van der Waals surface area (Å²) in [5.41, 5.74) is 4.08. The highest BCUT2D eigenvalue weighted by Crippen LogP contribution is 2.37. The number of anilines is 1. The second-order valence-electron chi connectivity index (χ2n) is 8.36. The van der Waals surface area contributed by atoms with E-state index >= 15 is 0 Å². The standard InChI is InChI=1S/C25H22FN3O4S/c1-15-22(14-29-21-9-5-8-20(26)24(21)33-16(2)25(29)30)28-13-18(10-11-23(28)27-15)17-6-4-7-19(12-17)34(3,31)32/h4-13,16H,14H2,1-3H3/t16-/m1/s1. The van der Waals surface area contributed by atoms with Crippen LogP contribution < -0.4 is 9.64 Å². The molecule has 174 valence electrons. The van der Waals surface area contributed by atoms with E-state index in [4.69, 9.17) is 4.74 Å². The minimum absolute atomic E-state index is 0.0550. The first kappa shape index (κ1) is 22.1. The van der Waals surface area contributed by atoms with Crippen molar-refractivity contribution in [3.63, 3.8) is 0 Å². The quantitative estimate of drug-likeness (QED) is 0.439. The highest BCUT2D eigenvalue weighted by atomic mass is 32.2. The molecule has 0 bridgehead atoms. The van der Waals surface area contributed by atoms with Gasteiger partial charge in [0.1, 0.15) is 5.65 Å². The number of ether oxygens (including phenoxy) is 1. The van der Waals surface area contributed by atoms with Crippen molar-refractivity contribution < 1.29 is 22.3 Å². The third kappa shape index (κ3) is 3.71. The van der Waals surface area contributed by atoms with E-state index in [-0.39, 0.29) is 23.1 Å². The summed E-state index contributed by atoms with van der Waals surface area (Å²) in [5.74, 6) is -0.742. The van der Waals surface area contributed by atoms with E-state index in [0.717, 1.165) is 22.5 Å². The van der Waals surface area contributed by atoms with Crippen LogP contribution in [0.4, 0.5) is 10.1 Å². The number of sulfone groups is 1. The van der Waals surface area contributed by atoms with Gasteiger partial charge in [0.05, 0.1) is 28.5 Å². The Kier molecular flexibility index (Phi) is 5.16. The smallest absolute Gasteiger partial charge is 0.268 e. The van der Waals surface area contributed by atoms with Gasteiger partial charge in [-0.05, 0) is 61.4 Å². The zero-order chi connectivity index (χ0) is 24.2. The molecule has 0 aliphatic carbocycles. The molecule has 0 unspecified atom stereocenters. The van der Waals surface area contributed by atoms with Crippen LogP contribution in [-0.4, -0.2) is 36.1 Å². The molecule has 0 saturated carbocycles. The number of rotatable bonds is 4. The Bertz CT molecular complexity index is 1560. The lowest BCUT2D eigenvalue weighted by Gasteiger charge is -2.33. The van der Waals surface area contributed by atoms with Crippen LogP contribution in [-0.2, 0) is 21.2 Å². The summed E-state index contributed by atoms with van der Waals surface area (Å²) in [6.45, 7) is 3.62. The Morgan fingerprint density at radius 3 is 2.62 bits per heavy atom. The number of pyridine rings is 1. The molecule has 1 aliphatic rings. The Labute approximate surface area is 196 Å². The van der Waals surface area contributed by atoms with Gasteiger partial charge in [-0.15, -0.1) is 0 Å². The maximum Gasteiger partial charge on any atom is 0.268 e. The third-order valence-corrected chi connectivity index (χ3v) is 7.08. The van der Waals surface area contributed by atoms with Crippen molar-refractivity contribution in [3.8, 4) is 16.9 Å². The summed E-state index contributed by atoms with van der Waals surface area (Å²) in [4.78, 5) is 19.3. The van der Waals surface area contributed by atoms with E-state index in [1.807, 2.05) is 35.7 Å². The summed E-state index contributed by atoms with van der Waals surface area (Å²) in [7, 11) is -3.35. The van der Waals surface area contributed by atoms with E-state index in [9.17, 15) is 17.6 Å². The predicted octanol–water partition coefficient (Wildman–Crippen LogP) is 4.17. The molecule has 3 heterocycles. The molecule has 0 radical (unpaired) electrons. The van der Waals surface area contributed by atoms with E-state index in [0.29, 0.717) is 11.3 Å². The maximum atomic E-state index is 14.4. The van der Waals surface area contributed by atoms with Crippen LogP contribution in [0.25, 0.3) is 16.8 Å². The van der Waals surface area contributed by atoms with E-state index in [1.165, 1.54) is 17.2 Å². The molecule has 1 atom stereocenters. The fourth-order valence-electron chi connectivity index (χ4n) is 4.18. The highest BCUT2D eigenvalue weighted by Gasteiger charge is 2.34. The number of hydrogen-bond donors (Lipinski definition) is 0. The first-order valence-electron chi connectivity index (χ1n) is 10.7. The molecular formula is C25H22FN3O4S. The SMILES string of the molecule is Cc1nc2ccc(-c3cccc(S(C)(=O)=O)c3)cn2c1CN1C(=O)[C@@H](C)Oc2c(F)cccc21. The van der Waals surface area contributed by atoms with Crippen molar-refractivity contribution in [1.82, 2.24) is 9.38 Å². The molecule has 1 amide bonds. The number of carbonyl (C=O) groups is 1. The summed E-state index contributed by atoms with van der Waals surface area (Å²) in [5, 5.41) is 0. The third-order valence-electron chi connectivity index (χ3n) is 5.97.